The highest BCUT2D eigenvalue weighted by molar-refractivity contribution is 6.33. The summed E-state index contributed by atoms with van der Waals surface area (Å²) >= 11 is 6.51. The molecule has 3 N–H and O–H groups in total. The molecule has 6 nitrogen and oxygen atoms in total. The monoisotopic (exact) mass is 439 g/mol. The molecule has 0 amide bonds. The van der Waals surface area contributed by atoms with Crippen molar-refractivity contribution in [1.29, 1.82) is 5.26 Å². The van der Waals surface area contributed by atoms with Gasteiger partial charge in [0.2, 0.25) is 0 Å². The van der Waals surface area contributed by atoms with Crippen LogP contribution in [-0.4, -0.2) is 35.8 Å². The van der Waals surface area contributed by atoms with E-state index in [2.05, 4.69) is 27.4 Å². The fourth-order valence-electron chi connectivity index (χ4n) is 4.54. The number of nitrogens with two attached hydrogens (primary N) is 1. The first kappa shape index (κ1) is 22.0. The van der Waals surface area contributed by atoms with Gasteiger partial charge in [0.15, 0.2) is 5.69 Å². The minimum atomic E-state index is 0.349. The third kappa shape index (κ3) is 5.74. The lowest BCUT2D eigenvalue weighted by Gasteiger charge is -2.25. The lowest BCUT2D eigenvalue weighted by atomic mass is 9.83. The topological polar surface area (TPSA) is 96.9 Å². The molecule has 164 valence electrons. The van der Waals surface area contributed by atoms with Gasteiger partial charge in [-0.05, 0) is 68.9 Å². The van der Waals surface area contributed by atoms with Crippen LogP contribution in [0.3, 0.4) is 0 Å². The van der Waals surface area contributed by atoms with Gasteiger partial charge in [0.05, 0.1) is 10.7 Å². The predicted octanol–water partition coefficient (Wildman–Crippen LogP) is 4.57. The van der Waals surface area contributed by atoms with E-state index in [-0.39, 0.29) is 0 Å². The minimum absolute atomic E-state index is 0.349. The van der Waals surface area contributed by atoms with Crippen molar-refractivity contribution in [3.05, 3.63) is 40.9 Å². The molecule has 1 saturated carbocycles. The van der Waals surface area contributed by atoms with E-state index in [4.69, 9.17) is 22.1 Å². The van der Waals surface area contributed by atoms with E-state index in [9.17, 15) is 5.26 Å². The highest BCUT2D eigenvalue weighted by atomic mass is 35.5. The smallest absolute Gasteiger partial charge is 0.163 e. The van der Waals surface area contributed by atoms with Crippen LogP contribution in [0.4, 0.5) is 5.69 Å². The van der Waals surface area contributed by atoms with Crippen LogP contribution in [0.1, 0.15) is 49.9 Å². The van der Waals surface area contributed by atoms with Gasteiger partial charge in [-0.2, -0.15) is 5.26 Å². The fourth-order valence-corrected chi connectivity index (χ4v) is 4.76. The Morgan fingerprint density at radius 2 is 1.84 bits per heavy atom. The van der Waals surface area contributed by atoms with Gasteiger partial charge in [0, 0.05) is 55.0 Å². The fraction of sp³-hybridized carbons (Fsp3) is 0.542. The van der Waals surface area contributed by atoms with Crippen molar-refractivity contribution in [2.75, 3.05) is 25.1 Å². The number of hydrogen-bond acceptors (Lipinski definition) is 6. The van der Waals surface area contributed by atoms with Crippen molar-refractivity contribution in [2.45, 2.75) is 51.0 Å². The lowest BCUT2D eigenvalue weighted by molar-refractivity contribution is 0.0699. The molecule has 7 heteroatoms. The number of anilines is 1. The Labute approximate surface area is 189 Å². The largest absolute Gasteiger partial charge is 0.382 e. The summed E-state index contributed by atoms with van der Waals surface area (Å²) in [6.45, 7) is 2.42. The second-order valence-corrected chi connectivity index (χ2v) is 9.22. The molecule has 1 aliphatic heterocycles. The molecule has 31 heavy (non-hydrogen) atoms. The van der Waals surface area contributed by atoms with Crippen molar-refractivity contribution in [3.63, 3.8) is 0 Å². The maximum absolute atomic E-state index is 9.50. The molecule has 2 aromatic rings. The zero-order chi connectivity index (χ0) is 21.6. The molecule has 2 fully saturated rings. The molecule has 0 bridgehead atoms. The molecular weight excluding hydrogens is 410 g/mol. The molecule has 4 rings (SSSR count). The molecule has 0 aromatic carbocycles. The van der Waals surface area contributed by atoms with Crippen LogP contribution in [0.15, 0.2) is 24.5 Å². The first-order valence-electron chi connectivity index (χ1n) is 11.2. The number of nitriles is 1. The summed E-state index contributed by atoms with van der Waals surface area (Å²) in [7, 11) is 0. The number of hydrogen-bond donors (Lipinski definition) is 2. The van der Waals surface area contributed by atoms with Gasteiger partial charge in [-0.1, -0.05) is 11.6 Å². The average molecular weight is 440 g/mol. The van der Waals surface area contributed by atoms with Gasteiger partial charge in [-0.25, -0.2) is 4.98 Å². The van der Waals surface area contributed by atoms with Crippen molar-refractivity contribution in [3.8, 4) is 17.2 Å². The van der Waals surface area contributed by atoms with Crippen LogP contribution < -0.4 is 11.1 Å². The Morgan fingerprint density at radius 3 is 2.58 bits per heavy atom. The third-order valence-electron chi connectivity index (χ3n) is 6.53. The normalized spacial score (nSPS) is 22.1. The third-order valence-corrected chi connectivity index (χ3v) is 6.83. The summed E-state index contributed by atoms with van der Waals surface area (Å²) in [6, 6.07) is 6.59. The summed E-state index contributed by atoms with van der Waals surface area (Å²) in [4.78, 5) is 8.96. The van der Waals surface area contributed by atoms with E-state index in [0.717, 1.165) is 87.2 Å². The van der Waals surface area contributed by atoms with Crippen LogP contribution >= 0.6 is 11.6 Å². The molecule has 1 saturated heterocycles. The van der Waals surface area contributed by atoms with E-state index in [1.165, 1.54) is 0 Å². The zero-order valence-electron chi connectivity index (χ0n) is 17.8. The van der Waals surface area contributed by atoms with Gasteiger partial charge >= 0.3 is 0 Å². The number of nitrogens with zero attached hydrogens (tertiary/aromatic N) is 3. The molecule has 1 aliphatic carbocycles. The number of rotatable bonds is 6. The Hall–Kier alpha value is -2.20. The summed E-state index contributed by atoms with van der Waals surface area (Å²) < 4.78 is 5.44. The second-order valence-electron chi connectivity index (χ2n) is 8.81. The molecule has 3 heterocycles. The van der Waals surface area contributed by atoms with Gasteiger partial charge in [-0.15, -0.1) is 0 Å². The first-order valence-corrected chi connectivity index (χ1v) is 11.6. The molecule has 2 aliphatic rings. The van der Waals surface area contributed by atoms with Gasteiger partial charge in [0.25, 0.3) is 0 Å². The quantitative estimate of drug-likeness (QED) is 0.684. The van der Waals surface area contributed by atoms with Gasteiger partial charge < -0.3 is 15.8 Å². The van der Waals surface area contributed by atoms with Crippen molar-refractivity contribution in [1.82, 2.24) is 9.97 Å². The highest BCUT2D eigenvalue weighted by Crippen LogP contribution is 2.32. The predicted molar refractivity (Wildman–Crippen MR) is 123 cm³/mol. The number of pyridine rings is 2. The zero-order valence-corrected chi connectivity index (χ0v) is 18.6. The maximum Gasteiger partial charge on any atom is 0.163 e. The van der Waals surface area contributed by atoms with Gasteiger partial charge in [0.1, 0.15) is 6.07 Å². The van der Waals surface area contributed by atoms with Crippen LogP contribution in [0, 0.1) is 23.2 Å². The number of aromatic nitrogens is 2. The Balaban J connectivity index is 1.51. The number of nitrogens with one attached hydrogen (secondary N) is 1. The lowest BCUT2D eigenvalue weighted by Crippen LogP contribution is -2.27. The highest BCUT2D eigenvalue weighted by Gasteiger charge is 2.20. The molecule has 0 spiro atoms. The number of ether oxygens (including phenoxy) is 1. The van der Waals surface area contributed by atoms with E-state index >= 15 is 0 Å². The summed E-state index contributed by atoms with van der Waals surface area (Å²) in [5.41, 5.74) is 10.0. The van der Waals surface area contributed by atoms with Crippen LogP contribution in [0.25, 0.3) is 11.1 Å². The number of halogens is 1. The van der Waals surface area contributed by atoms with E-state index < -0.39 is 0 Å². The van der Waals surface area contributed by atoms with Gasteiger partial charge in [-0.3, -0.25) is 4.98 Å². The van der Waals surface area contributed by atoms with E-state index in [0.29, 0.717) is 28.6 Å². The molecular formula is C24H30ClN5O. The second kappa shape index (κ2) is 10.4. The van der Waals surface area contributed by atoms with E-state index in [1.54, 1.807) is 12.4 Å². The van der Waals surface area contributed by atoms with E-state index in [1.807, 2.05) is 6.07 Å². The summed E-state index contributed by atoms with van der Waals surface area (Å²) in [5.74, 6) is 1.17. The Morgan fingerprint density at radius 1 is 1.06 bits per heavy atom. The Kier molecular flexibility index (Phi) is 7.39. The van der Waals surface area contributed by atoms with Crippen LogP contribution in [0.5, 0.6) is 0 Å². The molecule has 0 radical (unpaired) electrons. The van der Waals surface area contributed by atoms with Crippen LogP contribution in [0.2, 0.25) is 5.02 Å². The Bertz CT molecular complexity index is 930. The minimum Gasteiger partial charge on any atom is -0.382 e. The standard InChI is InChI=1S/C24H30ClN5O/c25-22-15-28-20(9-16-1-3-19(27)4-2-16)11-21(22)18-10-23(24(12-26)30-14-18)29-13-17-5-7-31-8-6-17/h10-11,14-17,19,29H,1-9,13,27H2. The first-order chi connectivity index (χ1) is 15.1. The summed E-state index contributed by atoms with van der Waals surface area (Å²) in [6.07, 6.45) is 11.0. The molecule has 0 unspecified atom stereocenters. The SMILES string of the molecule is N#Cc1ncc(-c2cc(CC3CCC(N)CC3)ncc2Cl)cc1NCC1CCOCC1. The van der Waals surface area contributed by atoms with Crippen molar-refractivity contribution >= 4 is 17.3 Å². The molecule has 0 atom stereocenters. The van der Waals surface area contributed by atoms with Crippen molar-refractivity contribution in [2.24, 2.45) is 17.6 Å². The van der Waals surface area contributed by atoms with Crippen molar-refractivity contribution < 1.29 is 4.74 Å². The summed E-state index contributed by atoms with van der Waals surface area (Å²) in [5, 5.41) is 13.5. The van der Waals surface area contributed by atoms with Crippen LogP contribution in [-0.2, 0) is 11.2 Å². The maximum atomic E-state index is 9.50. The average Bonchev–Trinajstić information content (AvgIpc) is 2.81. The molecule has 2 aromatic heterocycles.